The minimum Gasteiger partial charge on any atom is -0.481 e. The zero-order valence-electron chi connectivity index (χ0n) is 12.6. The molecule has 1 unspecified atom stereocenters. The van der Waals surface area contributed by atoms with Crippen LogP contribution in [0.2, 0.25) is 0 Å². The second-order valence-electron chi connectivity index (χ2n) is 5.67. The van der Waals surface area contributed by atoms with Crippen molar-refractivity contribution in [2.24, 2.45) is 5.92 Å². The molecular formula is C14H28N2O3. The molecule has 2 N–H and O–H groups in total. The van der Waals surface area contributed by atoms with Crippen LogP contribution in [0, 0.1) is 5.92 Å². The molecule has 0 heterocycles. The van der Waals surface area contributed by atoms with Crippen LogP contribution < -0.4 is 5.32 Å². The number of carboxylic acids is 1. The largest absolute Gasteiger partial charge is 0.481 e. The van der Waals surface area contributed by atoms with Crippen LogP contribution in [0.25, 0.3) is 0 Å². The van der Waals surface area contributed by atoms with Crippen molar-refractivity contribution in [3.05, 3.63) is 0 Å². The Hall–Kier alpha value is -1.10. The zero-order chi connectivity index (χ0) is 14.8. The maximum absolute atomic E-state index is 11.7. The number of hydrogen-bond donors (Lipinski definition) is 2. The van der Waals surface area contributed by atoms with Gasteiger partial charge in [0.05, 0.1) is 13.0 Å². The van der Waals surface area contributed by atoms with Crippen LogP contribution in [0.1, 0.15) is 46.5 Å². The summed E-state index contributed by atoms with van der Waals surface area (Å²) in [6, 6.07) is 0.180. The molecule has 0 radical (unpaired) electrons. The average Bonchev–Trinajstić information content (AvgIpc) is 2.25. The third-order valence-electron chi connectivity index (χ3n) is 2.95. The molecule has 0 aromatic heterocycles. The molecule has 0 aliphatic heterocycles. The van der Waals surface area contributed by atoms with Gasteiger partial charge in [0.1, 0.15) is 0 Å². The van der Waals surface area contributed by atoms with Crippen molar-refractivity contribution in [2.45, 2.75) is 52.5 Å². The number of nitrogens with zero attached hydrogens (tertiary/aromatic N) is 1. The molecule has 0 saturated heterocycles. The Morgan fingerprint density at radius 2 is 1.84 bits per heavy atom. The fourth-order valence-electron chi connectivity index (χ4n) is 1.84. The van der Waals surface area contributed by atoms with Gasteiger partial charge in [0.2, 0.25) is 5.91 Å². The third kappa shape index (κ3) is 11.7. The minimum absolute atomic E-state index is 0.0371. The topological polar surface area (TPSA) is 69.6 Å². The van der Waals surface area contributed by atoms with E-state index in [1.807, 2.05) is 6.92 Å². The monoisotopic (exact) mass is 272 g/mol. The molecule has 5 nitrogen and oxygen atoms in total. The zero-order valence-corrected chi connectivity index (χ0v) is 12.6. The first-order valence-electron chi connectivity index (χ1n) is 7.01. The summed E-state index contributed by atoms with van der Waals surface area (Å²) >= 11 is 0. The standard InChI is InChI=1S/C14H28N2O3/c1-11(2)6-5-7-12(3)15-13(17)10-16(4)9-8-14(18)19/h11-12H,5-10H2,1-4H3,(H,15,17)(H,18,19). The number of carbonyl (C=O) groups is 2. The third-order valence-corrected chi connectivity index (χ3v) is 2.95. The SMILES string of the molecule is CC(C)CCCC(C)NC(=O)CN(C)CCC(=O)O. The summed E-state index contributed by atoms with van der Waals surface area (Å²) in [5.74, 6) is -0.177. The van der Waals surface area contributed by atoms with Crippen molar-refractivity contribution in [3.8, 4) is 0 Å². The van der Waals surface area contributed by atoms with Gasteiger partial charge in [-0.1, -0.05) is 26.7 Å². The van der Waals surface area contributed by atoms with E-state index < -0.39 is 5.97 Å². The fraction of sp³-hybridized carbons (Fsp3) is 0.857. The Labute approximate surface area is 116 Å². The van der Waals surface area contributed by atoms with Gasteiger partial charge in [-0.25, -0.2) is 0 Å². The van der Waals surface area contributed by atoms with Crippen molar-refractivity contribution >= 4 is 11.9 Å². The van der Waals surface area contributed by atoms with Crippen molar-refractivity contribution in [1.82, 2.24) is 10.2 Å². The molecular weight excluding hydrogens is 244 g/mol. The van der Waals surface area contributed by atoms with E-state index in [1.165, 1.54) is 6.42 Å². The summed E-state index contributed by atoms with van der Waals surface area (Å²) in [6.07, 6.45) is 3.35. The Morgan fingerprint density at radius 3 is 2.37 bits per heavy atom. The molecule has 0 aliphatic rings. The highest BCUT2D eigenvalue weighted by molar-refractivity contribution is 5.78. The second-order valence-corrected chi connectivity index (χ2v) is 5.67. The predicted molar refractivity (Wildman–Crippen MR) is 76.0 cm³/mol. The fourth-order valence-corrected chi connectivity index (χ4v) is 1.84. The second kappa shape index (κ2) is 9.78. The maximum atomic E-state index is 11.7. The summed E-state index contributed by atoms with van der Waals surface area (Å²) in [4.78, 5) is 23.8. The molecule has 0 aromatic carbocycles. The number of hydrogen-bond acceptors (Lipinski definition) is 3. The lowest BCUT2D eigenvalue weighted by atomic mass is 10.0. The number of aliphatic carboxylic acids is 1. The Balaban J connectivity index is 3.74. The van der Waals surface area contributed by atoms with Crippen LogP contribution in [0.5, 0.6) is 0 Å². The molecule has 0 aromatic rings. The van der Waals surface area contributed by atoms with Crippen LogP contribution in [0.3, 0.4) is 0 Å². The summed E-state index contributed by atoms with van der Waals surface area (Å²) in [5, 5.41) is 11.5. The number of rotatable bonds is 10. The average molecular weight is 272 g/mol. The summed E-state index contributed by atoms with van der Waals surface area (Å²) in [5.41, 5.74) is 0. The van der Waals surface area contributed by atoms with Crippen LogP contribution in [0.4, 0.5) is 0 Å². The van der Waals surface area contributed by atoms with Gasteiger partial charge in [0, 0.05) is 12.6 Å². The normalized spacial score (nSPS) is 12.7. The molecule has 112 valence electrons. The molecule has 1 atom stereocenters. The number of carbonyl (C=O) groups excluding carboxylic acids is 1. The number of amides is 1. The van der Waals surface area contributed by atoms with Gasteiger partial charge in [0.15, 0.2) is 0 Å². The van der Waals surface area contributed by atoms with E-state index in [2.05, 4.69) is 19.2 Å². The summed E-state index contributed by atoms with van der Waals surface area (Å²) in [7, 11) is 1.76. The lowest BCUT2D eigenvalue weighted by Crippen LogP contribution is -2.40. The van der Waals surface area contributed by atoms with Gasteiger partial charge in [-0.15, -0.1) is 0 Å². The van der Waals surface area contributed by atoms with Crippen molar-refractivity contribution < 1.29 is 14.7 Å². The molecule has 1 amide bonds. The molecule has 5 heteroatoms. The minimum atomic E-state index is -0.839. The van der Waals surface area contributed by atoms with E-state index in [9.17, 15) is 9.59 Å². The molecule has 0 fully saturated rings. The first-order valence-corrected chi connectivity index (χ1v) is 7.01. The van der Waals surface area contributed by atoms with Gasteiger partial charge in [-0.3, -0.25) is 14.5 Å². The van der Waals surface area contributed by atoms with E-state index in [4.69, 9.17) is 5.11 Å². The molecule has 0 aliphatic carbocycles. The van der Waals surface area contributed by atoms with Crippen LogP contribution >= 0.6 is 0 Å². The van der Waals surface area contributed by atoms with Gasteiger partial charge in [-0.2, -0.15) is 0 Å². The van der Waals surface area contributed by atoms with Gasteiger partial charge < -0.3 is 10.4 Å². The lowest BCUT2D eigenvalue weighted by molar-refractivity contribution is -0.137. The Kier molecular flexibility index (Phi) is 9.21. The van der Waals surface area contributed by atoms with Crippen LogP contribution in [-0.4, -0.2) is 48.1 Å². The summed E-state index contributed by atoms with van der Waals surface area (Å²) < 4.78 is 0. The molecule has 19 heavy (non-hydrogen) atoms. The van der Waals surface area contributed by atoms with Crippen LogP contribution in [-0.2, 0) is 9.59 Å². The molecule has 0 saturated carbocycles. The van der Waals surface area contributed by atoms with Crippen molar-refractivity contribution in [2.75, 3.05) is 20.1 Å². The lowest BCUT2D eigenvalue weighted by Gasteiger charge is -2.18. The molecule has 0 rings (SSSR count). The summed E-state index contributed by atoms with van der Waals surface area (Å²) in [6.45, 7) is 7.04. The smallest absolute Gasteiger partial charge is 0.304 e. The molecule has 0 spiro atoms. The maximum Gasteiger partial charge on any atom is 0.304 e. The van der Waals surface area contributed by atoms with Gasteiger partial charge in [0.25, 0.3) is 0 Å². The first-order chi connectivity index (χ1) is 8.81. The van der Waals surface area contributed by atoms with Crippen LogP contribution in [0.15, 0.2) is 0 Å². The van der Waals surface area contributed by atoms with E-state index in [0.29, 0.717) is 12.5 Å². The quantitative estimate of drug-likeness (QED) is 0.635. The first kappa shape index (κ1) is 17.9. The van der Waals surface area contributed by atoms with Crippen molar-refractivity contribution in [3.63, 3.8) is 0 Å². The number of likely N-dealkylation sites (N-methyl/N-ethyl adjacent to an activating group) is 1. The number of nitrogens with one attached hydrogen (secondary N) is 1. The van der Waals surface area contributed by atoms with Gasteiger partial charge >= 0.3 is 5.97 Å². The van der Waals surface area contributed by atoms with E-state index in [1.54, 1.807) is 11.9 Å². The van der Waals surface area contributed by atoms with Gasteiger partial charge in [-0.05, 0) is 26.3 Å². The van der Waals surface area contributed by atoms with E-state index in [0.717, 1.165) is 12.8 Å². The highest BCUT2D eigenvalue weighted by atomic mass is 16.4. The van der Waals surface area contributed by atoms with E-state index >= 15 is 0 Å². The Morgan fingerprint density at radius 1 is 1.21 bits per heavy atom. The highest BCUT2D eigenvalue weighted by Crippen LogP contribution is 2.08. The Bertz CT molecular complexity index is 280. The van der Waals surface area contributed by atoms with E-state index in [-0.39, 0.29) is 24.9 Å². The predicted octanol–water partition coefficient (Wildman–Crippen LogP) is 1.72. The number of carboxylic acid groups (broad SMARTS) is 1. The molecule has 0 bridgehead atoms. The highest BCUT2D eigenvalue weighted by Gasteiger charge is 2.11. The van der Waals surface area contributed by atoms with Crippen molar-refractivity contribution in [1.29, 1.82) is 0 Å².